The molecule has 2 aromatic rings. The molecule has 4 nitrogen and oxygen atoms in total. The first kappa shape index (κ1) is 12.5. The maximum atomic E-state index is 12.4. The fourth-order valence-electron chi connectivity index (χ4n) is 2.62. The smallest absolute Gasteiger partial charge is 0.258 e. The molecule has 0 spiro atoms. The summed E-state index contributed by atoms with van der Waals surface area (Å²) in [6, 6.07) is 12.7. The fraction of sp³-hybridized carbons (Fsp3) is 0.188. The summed E-state index contributed by atoms with van der Waals surface area (Å²) in [4.78, 5) is 14.1. The highest BCUT2D eigenvalue weighted by Crippen LogP contribution is 2.39. The quantitative estimate of drug-likeness (QED) is 0.824. The number of aromatic hydroxyl groups is 2. The third-order valence-electron chi connectivity index (χ3n) is 3.81. The van der Waals surface area contributed by atoms with Gasteiger partial charge in [0.2, 0.25) is 0 Å². The molecule has 1 aliphatic heterocycles. The molecule has 0 bridgehead atoms. The topological polar surface area (TPSA) is 60.8 Å². The average molecular weight is 269 g/mol. The zero-order chi connectivity index (χ0) is 14.3. The molecule has 0 aliphatic carbocycles. The minimum absolute atomic E-state index is 0.0855. The van der Waals surface area contributed by atoms with Gasteiger partial charge in [0.15, 0.2) is 11.5 Å². The van der Waals surface area contributed by atoms with Crippen LogP contribution in [0.5, 0.6) is 11.5 Å². The van der Waals surface area contributed by atoms with Crippen molar-refractivity contribution in [3.8, 4) is 11.5 Å². The van der Waals surface area contributed by atoms with Gasteiger partial charge in [0, 0.05) is 6.54 Å². The molecule has 0 saturated heterocycles. The number of phenols is 2. The van der Waals surface area contributed by atoms with Crippen molar-refractivity contribution in [3.63, 3.8) is 0 Å². The Labute approximate surface area is 116 Å². The third-order valence-corrected chi connectivity index (χ3v) is 3.81. The van der Waals surface area contributed by atoms with Crippen molar-refractivity contribution in [2.75, 3.05) is 0 Å². The van der Waals surface area contributed by atoms with Crippen LogP contribution in [-0.4, -0.2) is 21.0 Å². The first-order valence-electron chi connectivity index (χ1n) is 6.49. The second kappa shape index (κ2) is 4.56. The highest BCUT2D eigenvalue weighted by atomic mass is 16.3. The number of amides is 1. The Hall–Kier alpha value is -2.49. The van der Waals surface area contributed by atoms with Crippen LogP contribution in [0.4, 0.5) is 0 Å². The molecule has 4 heteroatoms. The predicted molar refractivity (Wildman–Crippen MR) is 74.5 cm³/mol. The van der Waals surface area contributed by atoms with E-state index in [4.69, 9.17) is 0 Å². The van der Waals surface area contributed by atoms with Crippen molar-refractivity contribution in [2.45, 2.75) is 19.5 Å². The summed E-state index contributed by atoms with van der Waals surface area (Å²) in [5, 5.41) is 19.4. The molecule has 3 rings (SSSR count). The first-order chi connectivity index (χ1) is 9.59. The van der Waals surface area contributed by atoms with E-state index < -0.39 is 0 Å². The maximum absolute atomic E-state index is 12.4. The lowest BCUT2D eigenvalue weighted by Gasteiger charge is -2.24. The Kier molecular flexibility index (Phi) is 2.86. The number of benzene rings is 2. The summed E-state index contributed by atoms with van der Waals surface area (Å²) in [7, 11) is 0. The zero-order valence-electron chi connectivity index (χ0n) is 11.1. The van der Waals surface area contributed by atoms with Crippen molar-refractivity contribution in [3.05, 3.63) is 59.2 Å². The number of hydrogen-bond acceptors (Lipinski definition) is 3. The van der Waals surface area contributed by atoms with Gasteiger partial charge < -0.3 is 15.1 Å². The molecule has 0 saturated carbocycles. The summed E-state index contributed by atoms with van der Waals surface area (Å²) in [6.45, 7) is 2.40. The lowest BCUT2D eigenvalue weighted by molar-refractivity contribution is 0.0713. The van der Waals surface area contributed by atoms with Crippen LogP contribution in [0.1, 0.15) is 34.5 Å². The Balaban J connectivity index is 1.97. The van der Waals surface area contributed by atoms with Gasteiger partial charge in [0.05, 0.1) is 11.6 Å². The number of carbonyl (C=O) groups is 1. The summed E-state index contributed by atoms with van der Waals surface area (Å²) >= 11 is 0. The van der Waals surface area contributed by atoms with Gasteiger partial charge in [-0.05, 0) is 24.1 Å². The predicted octanol–water partition coefficient (Wildman–Crippen LogP) is 2.81. The van der Waals surface area contributed by atoms with E-state index in [2.05, 4.69) is 0 Å². The molecule has 102 valence electrons. The van der Waals surface area contributed by atoms with Crippen LogP contribution in [-0.2, 0) is 6.54 Å². The Morgan fingerprint density at radius 2 is 1.80 bits per heavy atom. The second-order valence-corrected chi connectivity index (χ2v) is 4.99. The molecule has 1 amide bonds. The standard InChI is InChI=1S/C16H15NO3/c1-10(11-5-3-2-4-6-11)17-9-12-7-8-13(18)15(19)14(12)16(17)20/h2-8,10,18-19H,9H2,1H3/t10-/m1/s1. The van der Waals surface area contributed by atoms with Gasteiger partial charge in [-0.2, -0.15) is 0 Å². The lowest BCUT2D eigenvalue weighted by atomic mass is 10.1. The van der Waals surface area contributed by atoms with Gasteiger partial charge in [0.25, 0.3) is 5.91 Å². The first-order valence-corrected chi connectivity index (χ1v) is 6.49. The van der Waals surface area contributed by atoms with Crippen LogP contribution in [0.2, 0.25) is 0 Å². The Morgan fingerprint density at radius 3 is 2.50 bits per heavy atom. The van der Waals surface area contributed by atoms with E-state index in [-0.39, 0.29) is 29.0 Å². The molecule has 0 aromatic heterocycles. The van der Waals surface area contributed by atoms with Crippen LogP contribution in [0.3, 0.4) is 0 Å². The molecule has 20 heavy (non-hydrogen) atoms. The number of carbonyl (C=O) groups excluding carboxylic acids is 1. The molecule has 2 N–H and O–H groups in total. The van der Waals surface area contributed by atoms with Gasteiger partial charge in [-0.1, -0.05) is 36.4 Å². The summed E-state index contributed by atoms with van der Waals surface area (Å²) in [6.07, 6.45) is 0. The average Bonchev–Trinajstić information content (AvgIpc) is 2.81. The molecular weight excluding hydrogens is 254 g/mol. The van der Waals surface area contributed by atoms with E-state index in [1.54, 1.807) is 11.0 Å². The van der Waals surface area contributed by atoms with E-state index in [9.17, 15) is 15.0 Å². The SMILES string of the molecule is C[C@H](c1ccccc1)N1Cc2ccc(O)c(O)c2C1=O. The van der Waals surface area contributed by atoms with E-state index in [0.29, 0.717) is 6.54 Å². The maximum Gasteiger partial charge on any atom is 0.258 e. The highest BCUT2D eigenvalue weighted by Gasteiger charge is 2.34. The minimum atomic E-state index is -0.324. The second-order valence-electron chi connectivity index (χ2n) is 4.99. The lowest BCUT2D eigenvalue weighted by Crippen LogP contribution is -2.27. The Bertz CT molecular complexity index is 667. The number of fused-ring (bicyclic) bond motifs is 1. The van der Waals surface area contributed by atoms with Gasteiger partial charge in [-0.3, -0.25) is 4.79 Å². The van der Waals surface area contributed by atoms with E-state index in [1.807, 2.05) is 37.3 Å². The van der Waals surface area contributed by atoms with Gasteiger partial charge in [-0.25, -0.2) is 0 Å². The zero-order valence-corrected chi connectivity index (χ0v) is 11.1. The monoisotopic (exact) mass is 269 g/mol. The minimum Gasteiger partial charge on any atom is -0.504 e. The van der Waals surface area contributed by atoms with Gasteiger partial charge >= 0.3 is 0 Å². The molecule has 0 unspecified atom stereocenters. The largest absolute Gasteiger partial charge is 0.504 e. The summed E-state index contributed by atoms with van der Waals surface area (Å²) in [5.74, 6) is -0.827. The summed E-state index contributed by atoms with van der Waals surface area (Å²) in [5.41, 5.74) is 2.00. The van der Waals surface area contributed by atoms with Crippen LogP contribution in [0.15, 0.2) is 42.5 Å². The van der Waals surface area contributed by atoms with Crippen molar-refractivity contribution in [1.82, 2.24) is 4.90 Å². The van der Waals surface area contributed by atoms with Crippen LogP contribution < -0.4 is 0 Å². The molecular formula is C16H15NO3. The molecule has 2 aromatic carbocycles. The fourth-order valence-corrected chi connectivity index (χ4v) is 2.62. The van der Waals surface area contributed by atoms with Crippen LogP contribution in [0, 0.1) is 0 Å². The van der Waals surface area contributed by atoms with Crippen LogP contribution >= 0.6 is 0 Å². The number of nitrogens with zero attached hydrogens (tertiary/aromatic N) is 1. The Morgan fingerprint density at radius 1 is 1.10 bits per heavy atom. The molecule has 0 fully saturated rings. The van der Waals surface area contributed by atoms with Crippen molar-refractivity contribution in [1.29, 1.82) is 0 Å². The van der Waals surface area contributed by atoms with E-state index in [1.165, 1.54) is 6.07 Å². The van der Waals surface area contributed by atoms with Crippen molar-refractivity contribution < 1.29 is 15.0 Å². The van der Waals surface area contributed by atoms with Gasteiger partial charge in [-0.15, -0.1) is 0 Å². The van der Waals surface area contributed by atoms with Crippen molar-refractivity contribution in [2.24, 2.45) is 0 Å². The molecule has 0 radical (unpaired) electrons. The number of phenolic OH excluding ortho intramolecular Hbond substituents is 2. The number of hydrogen-bond donors (Lipinski definition) is 2. The normalized spacial score (nSPS) is 15.2. The third kappa shape index (κ3) is 1.81. The number of rotatable bonds is 2. The van der Waals surface area contributed by atoms with E-state index in [0.717, 1.165) is 11.1 Å². The molecule has 1 aliphatic rings. The highest BCUT2D eigenvalue weighted by molar-refractivity contribution is 6.01. The van der Waals surface area contributed by atoms with Crippen molar-refractivity contribution >= 4 is 5.91 Å². The molecule has 1 atom stereocenters. The summed E-state index contributed by atoms with van der Waals surface area (Å²) < 4.78 is 0. The van der Waals surface area contributed by atoms with Gasteiger partial charge in [0.1, 0.15) is 0 Å². The van der Waals surface area contributed by atoms with Crippen LogP contribution in [0.25, 0.3) is 0 Å². The molecule has 1 heterocycles. The van der Waals surface area contributed by atoms with E-state index >= 15 is 0 Å².